The molecule has 1 saturated heterocycles. The van der Waals surface area contributed by atoms with Gasteiger partial charge in [-0.1, -0.05) is 11.6 Å². The Morgan fingerprint density at radius 1 is 1.53 bits per heavy atom. The summed E-state index contributed by atoms with van der Waals surface area (Å²) in [5.41, 5.74) is -0.242. The molecule has 0 bridgehead atoms. The minimum atomic E-state index is -0.751. The molecule has 0 aliphatic carbocycles. The van der Waals surface area contributed by atoms with Crippen LogP contribution in [0.5, 0.6) is 0 Å². The van der Waals surface area contributed by atoms with E-state index in [-0.39, 0.29) is 5.91 Å². The molecule has 0 aromatic heterocycles. The third-order valence-electron chi connectivity index (χ3n) is 2.75. The number of benzene rings is 1. The second kappa shape index (κ2) is 4.52. The lowest BCUT2D eigenvalue weighted by Crippen LogP contribution is -2.61. The summed E-state index contributed by atoms with van der Waals surface area (Å²) < 4.78 is 0. The molecule has 1 aliphatic heterocycles. The van der Waals surface area contributed by atoms with E-state index in [0.29, 0.717) is 23.7 Å². The maximum atomic E-state index is 12.1. The van der Waals surface area contributed by atoms with Crippen LogP contribution in [0.2, 0.25) is 5.02 Å². The van der Waals surface area contributed by atoms with Gasteiger partial charge in [-0.15, -0.1) is 11.8 Å². The number of likely N-dealkylation sites (tertiary alicyclic amines) is 1. The minimum absolute atomic E-state index is 0.113. The van der Waals surface area contributed by atoms with Gasteiger partial charge in [-0.05, 0) is 31.4 Å². The summed E-state index contributed by atoms with van der Waals surface area (Å²) in [4.78, 5) is 14.7. The summed E-state index contributed by atoms with van der Waals surface area (Å²) in [6.07, 6.45) is 1.95. The Kier molecular flexibility index (Phi) is 3.39. The van der Waals surface area contributed by atoms with Gasteiger partial charge in [0.05, 0.1) is 29.3 Å². The number of rotatable bonds is 2. The Bertz CT molecular complexity index is 454. The summed E-state index contributed by atoms with van der Waals surface area (Å²) in [5.74, 6) is -0.113. The van der Waals surface area contributed by atoms with Crippen molar-refractivity contribution in [2.24, 2.45) is 0 Å². The molecule has 1 fully saturated rings. The Morgan fingerprint density at radius 3 is 2.71 bits per heavy atom. The van der Waals surface area contributed by atoms with Gasteiger partial charge in [0.1, 0.15) is 0 Å². The first-order valence-corrected chi connectivity index (χ1v) is 6.88. The van der Waals surface area contributed by atoms with Crippen molar-refractivity contribution >= 4 is 29.3 Å². The van der Waals surface area contributed by atoms with Gasteiger partial charge in [0.25, 0.3) is 5.91 Å². The van der Waals surface area contributed by atoms with Gasteiger partial charge in [0, 0.05) is 4.90 Å². The van der Waals surface area contributed by atoms with Crippen LogP contribution in [-0.4, -0.2) is 40.9 Å². The van der Waals surface area contributed by atoms with E-state index in [1.807, 2.05) is 12.3 Å². The fourth-order valence-corrected chi connectivity index (χ4v) is 2.52. The van der Waals surface area contributed by atoms with E-state index in [2.05, 4.69) is 0 Å². The maximum absolute atomic E-state index is 12.1. The van der Waals surface area contributed by atoms with Gasteiger partial charge in [0.2, 0.25) is 0 Å². The summed E-state index contributed by atoms with van der Waals surface area (Å²) in [6, 6.07) is 5.41. The second-order valence-corrected chi connectivity index (χ2v) is 5.79. The molecule has 1 aromatic carbocycles. The predicted octanol–water partition coefficient (Wildman–Crippen LogP) is 2.27. The maximum Gasteiger partial charge on any atom is 0.255 e. The highest BCUT2D eigenvalue weighted by Crippen LogP contribution is 2.28. The first-order chi connectivity index (χ1) is 7.93. The standard InChI is InChI=1S/C12H14ClNO2S/c1-12(16)6-14(7-12)11(15)9-5-8(17-2)3-4-10(9)13/h3-5,16H,6-7H2,1-2H3. The number of β-amino-alcohol motifs (C(OH)–C–C–N with tert-alkyl or cyclic N) is 1. The molecule has 92 valence electrons. The topological polar surface area (TPSA) is 40.5 Å². The number of carbonyl (C=O) groups excluding carboxylic acids is 1. The van der Waals surface area contributed by atoms with Crippen molar-refractivity contribution in [1.82, 2.24) is 4.90 Å². The SMILES string of the molecule is CSc1ccc(Cl)c(C(=O)N2CC(C)(O)C2)c1. The van der Waals surface area contributed by atoms with Crippen LogP contribution in [-0.2, 0) is 0 Å². The van der Waals surface area contributed by atoms with Gasteiger partial charge in [-0.25, -0.2) is 0 Å². The molecule has 0 atom stereocenters. The number of amides is 1. The Hall–Kier alpha value is -0.710. The van der Waals surface area contributed by atoms with Crippen LogP contribution < -0.4 is 0 Å². The van der Waals surface area contributed by atoms with Crippen molar-refractivity contribution in [2.45, 2.75) is 17.4 Å². The second-order valence-electron chi connectivity index (χ2n) is 4.50. The normalized spacial score (nSPS) is 17.8. The Labute approximate surface area is 110 Å². The molecule has 1 amide bonds. The first kappa shape index (κ1) is 12.7. The molecular formula is C12H14ClNO2S. The molecular weight excluding hydrogens is 258 g/mol. The van der Waals surface area contributed by atoms with Gasteiger partial charge in [-0.2, -0.15) is 0 Å². The number of hydrogen-bond donors (Lipinski definition) is 1. The lowest BCUT2D eigenvalue weighted by atomic mass is 9.96. The van der Waals surface area contributed by atoms with Crippen LogP contribution >= 0.6 is 23.4 Å². The number of carbonyl (C=O) groups is 1. The summed E-state index contributed by atoms with van der Waals surface area (Å²) in [5, 5.41) is 10.1. The van der Waals surface area contributed by atoms with Gasteiger partial charge < -0.3 is 10.0 Å². The van der Waals surface area contributed by atoms with Crippen molar-refractivity contribution < 1.29 is 9.90 Å². The average molecular weight is 272 g/mol. The Balaban J connectivity index is 2.20. The highest BCUT2D eigenvalue weighted by molar-refractivity contribution is 7.98. The van der Waals surface area contributed by atoms with E-state index in [9.17, 15) is 9.90 Å². The fraction of sp³-hybridized carbons (Fsp3) is 0.417. The zero-order valence-corrected chi connectivity index (χ0v) is 11.3. The zero-order chi connectivity index (χ0) is 12.6. The summed E-state index contributed by atoms with van der Waals surface area (Å²) in [7, 11) is 0. The van der Waals surface area contributed by atoms with E-state index in [0.717, 1.165) is 4.90 Å². The lowest BCUT2D eigenvalue weighted by Gasteiger charge is -2.44. The number of nitrogens with zero attached hydrogens (tertiary/aromatic N) is 1. The van der Waals surface area contributed by atoms with Gasteiger partial charge in [0.15, 0.2) is 0 Å². The van der Waals surface area contributed by atoms with Crippen molar-refractivity contribution in [3.05, 3.63) is 28.8 Å². The molecule has 1 heterocycles. The van der Waals surface area contributed by atoms with Crippen molar-refractivity contribution in [1.29, 1.82) is 0 Å². The molecule has 0 unspecified atom stereocenters. The molecule has 5 heteroatoms. The Morgan fingerprint density at radius 2 is 2.18 bits per heavy atom. The third kappa shape index (κ3) is 2.59. The molecule has 0 saturated carbocycles. The first-order valence-electron chi connectivity index (χ1n) is 5.28. The van der Waals surface area contributed by atoms with Crippen LogP contribution in [0.4, 0.5) is 0 Å². The van der Waals surface area contributed by atoms with E-state index >= 15 is 0 Å². The van der Waals surface area contributed by atoms with Crippen LogP contribution in [0.15, 0.2) is 23.1 Å². The smallest absolute Gasteiger partial charge is 0.255 e. The highest BCUT2D eigenvalue weighted by atomic mass is 35.5. The monoisotopic (exact) mass is 271 g/mol. The molecule has 1 N–H and O–H groups in total. The van der Waals surface area contributed by atoms with Crippen LogP contribution in [0.25, 0.3) is 0 Å². The summed E-state index contributed by atoms with van der Waals surface area (Å²) >= 11 is 7.59. The fourth-order valence-electron chi connectivity index (χ4n) is 1.89. The van der Waals surface area contributed by atoms with E-state index < -0.39 is 5.60 Å². The quantitative estimate of drug-likeness (QED) is 0.839. The lowest BCUT2D eigenvalue weighted by molar-refractivity contribution is -0.0668. The molecule has 1 aliphatic rings. The van der Waals surface area contributed by atoms with Crippen LogP contribution in [0, 0.1) is 0 Å². The number of hydrogen-bond acceptors (Lipinski definition) is 3. The number of halogens is 1. The van der Waals surface area contributed by atoms with E-state index in [1.54, 1.807) is 35.7 Å². The largest absolute Gasteiger partial charge is 0.386 e. The predicted molar refractivity (Wildman–Crippen MR) is 69.8 cm³/mol. The van der Waals surface area contributed by atoms with Crippen molar-refractivity contribution in [3.63, 3.8) is 0 Å². The van der Waals surface area contributed by atoms with E-state index in [1.165, 1.54) is 0 Å². The van der Waals surface area contributed by atoms with Gasteiger partial charge >= 0.3 is 0 Å². The van der Waals surface area contributed by atoms with E-state index in [4.69, 9.17) is 11.6 Å². The number of thioether (sulfide) groups is 1. The zero-order valence-electron chi connectivity index (χ0n) is 9.74. The molecule has 1 aromatic rings. The van der Waals surface area contributed by atoms with Gasteiger partial charge in [-0.3, -0.25) is 4.79 Å². The third-order valence-corrected chi connectivity index (χ3v) is 3.81. The van der Waals surface area contributed by atoms with Crippen LogP contribution in [0.3, 0.4) is 0 Å². The average Bonchev–Trinajstić information content (AvgIpc) is 2.25. The van der Waals surface area contributed by atoms with Crippen LogP contribution in [0.1, 0.15) is 17.3 Å². The molecule has 3 nitrogen and oxygen atoms in total. The molecule has 0 spiro atoms. The van der Waals surface area contributed by atoms with Crippen molar-refractivity contribution in [2.75, 3.05) is 19.3 Å². The summed E-state index contributed by atoms with van der Waals surface area (Å²) in [6.45, 7) is 2.45. The number of aliphatic hydroxyl groups is 1. The highest BCUT2D eigenvalue weighted by Gasteiger charge is 2.40. The molecule has 17 heavy (non-hydrogen) atoms. The minimum Gasteiger partial charge on any atom is -0.386 e. The van der Waals surface area contributed by atoms with Crippen molar-refractivity contribution in [3.8, 4) is 0 Å². The molecule has 2 rings (SSSR count). The molecule has 0 radical (unpaired) electrons.